The Kier molecular flexibility index (Phi) is 4.76. The summed E-state index contributed by atoms with van der Waals surface area (Å²) in [5, 5.41) is 11.0. The second kappa shape index (κ2) is 7.02. The van der Waals surface area contributed by atoms with Crippen LogP contribution in [0.4, 0.5) is 20.6 Å². The molecule has 0 radical (unpaired) electrons. The molecule has 1 atom stereocenters. The number of imide groups is 1. The van der Waals surface area contributed by atoms with Crippen LogP contribution >= 0.6 is 0 Å². The first kappa shape index (κ1) is 18.3. The van der Waals surface area contributed by atoms with Gasteiger partial charge in [-0.3, -0.25) is 24.7 Å². The molecule has 2 aromatic rings. The van der Waals surface area contributed by atoms with E-state index in [0.717, 1.165) is 4.90 Å². The molecular formula is C18H16FN3O5. The topological polar surface area (TPSA) is 93.0 Å². The van der Waals surface area contributed by atoms with Gasteiger partial charge < -0.3 is 4.74 Å². The molecule has 0 saturated carbocycles. The summed E-state index contributed by atoms with van der Waals surface area (Å²) in [4.78, 5) is 38.1. The van der Waals surface area contributed by atoms with Crippen LogP contribution in [-0.4, -0.2) is 34.9 Å². The predicted molar refractivity (Wildman–Crippen MR) is 93.9 cm³/mol. The summed E-state index contributed by atoms with van der Waals surface area (Å²) in [7, 11) is 1.39. The number of rotatable bonds is 5. The number of hydrogen-bond donors (Lipinski definition) is 0. The quantitative estimate of drug-likeness (QED) is 0.456. The van der Waals surface area contributed by atoms with Crippen molar-refractivity contribution in [3.05, 3.63) is 64.0 Å². The predicted octanol–water partition coefficient (Wildman–Crippen LogP) is 3.10. The molecule has 9 heteroatoms. The number of carbonyl (C=O) groups is 2. The molecular weight excluding hydrogens is 357 g/mol. The molecule has 140 valence electrons. The molecule has 1 fully saturated rings. The first-order chi connectivity index (χ1) is 12.8. The Hall–Kier alpha value is -3.49. The molecule has 1 aliphatic rings. The van der Waals surface area contributed by atoms with Gasteiger partial charge in [0.15, 0.2) is 0 Å². The maximum atomic E-state index is 13.1. The fourth-order valence-corrected chi connectivity index (χ4v) is 2.98. The van der Waals surface area contributed by atoms with E-state index in [1.54, 1.807) is 6.92 Å². The van der Waals surface area contributed by atoms with E-state index in [0.29, 0.717) is 17.0 Å². The van der Waals surface area contributed by atoms with Gasteiger partial charge in [0.25, 0.3) is 11.6 Å². The first-order valence-electron chi connectivity index (χ1n) is 8.05. The number of nitro groups is 1. The average molecular weight is 373 g/mol. The maximum Gasteiger partial charge on any atom is 0.332 e. The van der Waals surface area contributed by atoms with Crippen LogP contribution in [0.5, 0.6) is 5.75 Å². The van der Waals surface area contributed by atoms with Gasteiger partial charge in [0.1, 0.15) is 17.6 Å². The Morgan fingerprint density at radius 1 is 1.19 bits per heavy atom. The van der Waals surface area contributed by atoms with Gasteiger partial charge in [0, 0.05) is 23.4 Å². The number of hydrogen-bond acceptors (Lipinski definition) is 5. The average Bonchev–Trinajstić information content (AvgIpc) is 2.86. The van der Waals surface area contributed by atoms with Crippen LogP contribution in [0.2, 0.25) is 0 Å². The van der Waals surface area contributed by atoms with Gasteiger partial charge in [-0.25, -0.2) is 9.18 Å². The Labute approximate surface area is 153 Å². The molecule has 0 aromatic heterocycles. The lowest BCUT2D eigenvalue weighted by Gasteiger charge is -2.19. The van der Waals surface area contributed by atoms with Crippen LogP contribution in [0, 0.1) is 15.9 Å². The van der Waals surface area contributed by atoms with Crippen molar-refractivity contribution in [3.63, 3.8) is 0 Å². The largest absolute Gasteiger partial charge is 0.496 e. The third-order valence-corrected chi connectivity index (χ3v) is 4.36. The summed E-state index contributed by atoms with van der Waals surface area (Å²) in [6, 6.07) is 7.81. The number of amides is 3. The molecule has 0 spiro atoms. The number of non-ortho nitro benzene ring substituents is 1. The SMILES string of the molecule is COc1ccc([N+](=O)[O-])cc1CN1C(=O)C(C)N(c2ccc(F)cc2)C1=O. The molecule has 1 heterocycles. The molecule has 27 heavy (non-hydrogen) atoms. The van der Waals surface area contributed by atoms with E-state index < -0.39 is 28.7 Å². The molecule has 2 aromatic carbocycles. The van der Waals surface area contributed by atoms with Gasteiger partial charge in [-0.05, 0) is 37.3 Å². The lowest BCUT2D eigenvalue weighted by molar-refractivity contribution is -0.384. The standard InChI is InChI=1S/C18H16FN3O5/c1-11-17(23)20(18(24)21(11)14-5-3-13(19)4-6-14)10-12-9-15(22(25)26)7-8-16(12)27-2/h3-9,11H,10H2,1-2H3. The van der Waals surface area contributed by atoms with Crippen molar-refractivity contribution in [2.75, 3.05) is 12.0 Å². The first-order valence-corrected chi connectivity index (χ1v) is 8.05. The molecule has 0 aliphatic carbocycles. The van der Waals surface area contributed by atoms with Gasteiger partial charge in [-0.2, -0.15) is 0 Å². The maximum absolute atomic E-state index is 13.1. The van der Waals surface area contributed by atoms with Crippen LogP contribution in [0.3, 0.4) is 0 Å². The van der Waals surface area contributed by atoms with E-state index in [2.05, 4.69) is 0 Å². The minimum atomic E-state index is -0.785. The zero-order valence-electron chi connectivity index (χ0n) is 14.6. The number of carbonyl (C=O) groups excluding carboxylic acids is 2. The van der Waals surface area contributed by atoms with Crippen LogP contribution in [0.1, 0.15) is 12.5 Å². The number of anilines is 1. The Bertz CT molecular complexity index is 916. The zero-order chi connectivity index (χ0) is 19.7. The molecule has 1 unspecified atom stereocenters. The summed E-state index contributed by atoms with van der Waals surface area (Å²) in [5.74, 6) is -0.588. The minimum absolute atomic E-state index is 0.173. The fourth-order valence-electron chi connectivity index (χ4n) is 2.98. The van der Waals surface area contributed by atoms with Crippen molar-refractivity contribution >= 4 is 23.3 Å². The normalized spacial score (nSPS) is 16.8. The highest BCUT2D eigenvalue weighted by molar-refractivity contribution is 6.14. The van der Waals surface area contributed by atoms with Gasteiger partial charge >= 0.3 is 6.03 Å². The van der Waals surface area contributed by atoms with Crippen LogP contribution in [0.25, 0.3) is 0 Å². The number of urea groups is 1. The van der Waals surface area contributed by atoms with Gasteiger partial charge in [0.05, 0.1) is 18.6 Å². The van der Waals surface area contributed by atoms with Crippen molar-refractivity contribution < 1.29 is 23.6 Å². The highest BCUT2D eigenvalue weighted by Gasteiger charge is 2.43. The molecule has 0 N–H and O–H groups in total. The Morgan fingerprint density at radius 3 is 2.44 bits per heavy atom. The second-order valence-corrected chi connectivity index (χ2v) is 5.98. The second-order valence-electron chi connectivity index (χ2n) is 5.98. The number of ether oxygens (including phenoxy) is 1. The third-order valence-electron chi connectivity index (χ3n) is 4.36. The lowest BCUT2D eigenvalue weighted by Crippen LogP contribution is -2.33. The van der Waals surface area contributed by atoms with Gasteiger partial charge in [-0.15, -0.1) is 0 Å². The summed E-state index contributed by atoms with van der Waals surface area (Å²) in [6.07, 6.45) is 0. The van der Waals surface area contributed by atoms with E-state index in [9.17, 15) is 24.1 Å². The van der Waals surface area contributed by atoms with E-state index in [1.165, 1.54) is 54.5 Å². The number of nitrogens with zero attached hydrogens (tertiary/aromatic N) is 3. The van der Waals surface area contributed by atoms with Crippen molar-refractivity contribution in [1.82, 2.24) is 4.90 Å². The number of nitro benzene ring substituents is 1. The van der Waals surface area contributed by atoms with Crippen LogP contribution in [-0.2, 0) is 11.3 Å². The van der Waals surface area contributed by atoms with Gasteiger partial charge in [0.2, 0.25) is 0 Å². The molecule has 1 saturated heterocycles. The monoisotopic (exact) mass is 373 g/mol. The zero-order valence-corrected chi connectivity index (χ0v) is 14.6. The van der Waals surface area contributed by atoms with E-state index >= 15 is 0 Å². The number of benzene rings is 2. The summed E-state index contributed by atoms with van der Waals surface area (Å²) in [5.41, 5.74) is 0.547. The van der Waals surface area contributed by atoms with Crippen molar-refractivity contribution in [2.24, 2.45) is 0 Å². The number of methoxy groups -OCH3 is 1. The van der Waals surface area contributed by atoms with Crippen LogP contribution < -0.4 is 9.64 Å². The molecule has 0 bridgehead atoms. The molecule has 1 aliphatic heterocycles. The smallest absolute Gasteiger partial charge is 0.332 e. The van der Waals surface area contributed by atoms with Crippen molar-refractivity contribution in [1.29, 1.82) is 0 Å². The van der Waals surface area contributed by atoms with Crippen molar-refractivity contribution in [2.45, 2.75) is 19.5 Å². The van der Waals surface area contributed by atoms with E-state index in [4.69, 9.17) is 4.74 Å². The van der Waals surface area contributed by atoms with E-state index in [1.807, 2.05) is 0 Å². The van der Waals surface area contributed by atoms with Crippen molar-refractivity contribution in [3.8, 4) is 5.75 Å². The third kappa shape index (κ3) is 3.31. The van der Waals surface area contributed by atoms with E-state index in [-0.39, 0.29) is 12.2 Å². The lowest BCUT2D eigenvalue weighted by atomic mass is 10.1. The minimum Gasteiger partial charge on any atom is -0.496 e. The molecule has 3 rings (SSSR count). The van der Waals surface area contributed by atoms with Crippen LogP contribution in [0.15, 0.2) is 42.5 Å². The highest BCUT2D eigenvalue weighted by Crippen LogP contribution is 2.30. The summed E-state index contributed by atoms with van der Waals surface area (Å²) in [6.45, 7) is 1.39. The highest BCUT2D eigenvalue weighted by atomic mass is 19.1. The summed E-state index contributed by atoms with van der Waals surface area (Å²) >= 11 is 0. The van der Waals surface area contributed by atoms with Gasteiger partial charge in [-0.1, -0.05) is 0 Å². The molecule has 8 nitrogen and oxygen atoms in total. The number of halogens is 1. The Balaban J connectivity index is 1.93. The Morgan fingerprint density at radius 2 is 1.85 bits per heavy atom. The molecule has 3 amide bonds. The summed E-state index contributed by atoms with van der Waals surface area (Å²) < 4.78 is 18.3. The fraction of sp³-hybridized carbons (Fsp3) is 0.222.